The van der Waals surface area contributed by atoms with E-state index in [-0.39, 0.29) is 11.4 Å². The summed E-state index contributed by atoms with van der Waals surface area (Å²) < 4.78 is 25.7. The van der Waals surface area contributed by atoms with E-state index in [1.165, 1.54) is 25.1 Å². The molecule has 0 amide bonds. The number of sulfonamides is 1. The van der Waals surface area contributed by atoms with Gasteiger partial charge in [-0.3, -0.25) is 4.79 Å². The zero-order valence-electron chi connectivity index (χ0n) is 10.9. The maximum Gasteiger partial charge on any atom is 0.321 e. The molecule has 1 aromatic rings. The standard InChI is InChI=1S/C12H16ClNO4S/c1-4-14(9(3)12(15)16)19(17,18)10-5-6-11(13)8(2)7-10/h5-7,9H,4H2,1-3H3,(H,15,16). The molecule has 19 heavy (non-hydrogen) atoms. The molecule has 0 fully saturated rings. The van der Waals surface area contributed by atoms with Crippen molar-refractivity contribution in [3.63, 3.8) is 0 Å². The molecule has 0 aliphatic carbocycles. The second-order valence-corrected chi connectivity index (χ2v) is 6.43. The van der Waals surface area contributed by atoms with E-state index in [0.717, 1.165) is 4.31 Å². The van der Waals surface area contributed by atoms with Crippen molar-refractivity contribution in [2.45, 2.75) is 31.7 Å². The molecule has 0 radical (unpaired) electrons. The first kappa shape index (κ1) is 15.9. The van der Waals surface area contributed by atoms with Gasteiger partial charge in [-0.1, -0.05) is 18.5 Å². The highest BCUT2D eigenvalue weighted by Gasteiger charge is 2.31. The molecular formula is C12H16ClNO4S. The molecule has 1 rings (SSSR count). The minimum Gasteiger partial charge on any atom is -0.480 e. The summed E-state index contributed by atoms with van der Waals surface area (Å²) in [7, 11) is -3.84. The van der Waals surface area contributed by atoms with Crippen molar-refractivity contribution in [3.05, 3.63) is 28.8 Å². The van der Waals surface area contributed by atoms with E-state index in [1.807, 2.05) is 0 Å². The SMILES string of the molecule is CCN(C(C)C(=O)O)S(=O)(=O)c1ccc(Cl)c(C)c1. The van der Waals surface area contributed by atoms with Crippen LogP contribution in [0.1, 0.15) is 19.4 Å². The zero-order valence-corrected chi connectivity index (χ0v) is 12.5. The number of halogens is 1. The van der Waals surface area contributed by atoms with Crippen LogP contribution in [0, 0.1) is 6.92 Å². The van der Waals surface area contributed by atoms with Crippen molar-refractivity contribution in [3.8, 4) is 0 Å². The molecule has 1 aromatic carbocycles. The lowest BCUT2D eigenvalue weighted by atomic mass is 10.2. The van der Waals surface area contributed by atoms with Gasteiger partial charge in [0.2, 0.25) is 10.0 Å². The number of hydrogen-bond donors (Lipinski definition) is 1. The Morgan fingerprint density at radius 2 is 2.05 bits per heavy atom. The fourth-order valence-corrected chi connectivity index (χ4v) is 3.49. The largest absolute Gasteiger partial charge is 0.480 e. The smallest absolute Gasteiger partial charge is 0.321 e. The lowest BCUT2D eigenvalue weighted by molar-refractivity contribution is -0.140. The first-order valence-electron chi connectivity index (χ1n) is 5.72. The predicted octanol–water partition coefficient (Wildman–Crippen LogP) is 2.13. The summed E-state index contributed by atoms with van der Waals surface area (Å²) in [6.45, 7) is 4.71. The van der Waals surface area contributed by atoms with Gasteiger partial charge < -0.3 is 5.11 Å². The maximum absolute atomic E-state index is 12.4. The number of aliphatic carboxylic acids is 1. The van der Waals surface area contributed by atoms with Crippen LogP contribution in [0.4, 0.5) is 0 Å². The summed E-state index contributed by atoms with van der Waals surface area (Å²) in [6.07, 6.45) is 0. The van der Waals surface area contributed by atoms with Crippen LogP contribution < -0.4 is 0 Å². The number of nitrogens with zero attached hydrogens (tertiary/aromatic N) is 1. The highest BCUT2D eigenvalue weighted by atomic mass is 35.5. The van der Waals surface area contributed by atoms with Gasteiger partial charge in [0.25, 0.3) is 0 Å². The van der Waals surface area contributed by atoms with Crippen molar-refractivity contribution in [1.82, 2.24) is 4.31 Å². The normalized spacial score (nSPS) is 13.5. The van der Waals surface area contributed by atoms with Gasteiger partial charge in [0, 0.05) is 11.6 Å². The summed E-state index contributed by atoms with van der Waals surface area (Å²) >= 11 is 5.85. The molecule has 0 heterocycles. The highest BCUT2D eigenvalue weighted by molar-refractivity contribution is 7.89. The van der Waals surface area contributed by atoms with Crippen molar-refractivity contribution in [1.29, 1.82) is 0 Å². The third kappa shape index (κ3) is 3.26. The van der Waals surface area contributed by atoms with Crippen LogP contribution in [-0.4, -0.2) is 36.4 Å². The molecule has 7 heteroatoms. The molecule has 5 nitrogen and oxygen atoms in total. The van der Waals surface area contributed by atoms with E-state index >= 15 is 0 Å². The van der Waals surface area contributed by atoms with Crippen molar-refractivity contribution in [2.24, 2.45) is 0 Å². The second-order valence-electron chi connectivity index (χ2n) is 4.13. The summed E-state index contributed by atoms with van der Waals surface area (Å²) in [5, 5.41) is 9.43. The van der Waals surface area contributed by atoms with Gasteiger partial charge in [0.1, 0.15) is 6.04 Å². The fourth-order valence-electron chi connectivity index (χ4n) is 1.69. The summed E-state index contributed by atoms with van der Waals surface area (Å²) in [5.74, 6) is -1.18. The van der Waals surface area contributed by atoms with Crippen LogP contribution in [0.3, 0.4) is 0 Å². The van der Waals surface area contributed by atoms with E-state index in [4.69, 9.17) is 16.7 Å². The van der Waals surface area contributed by atoms with Crippen LogP contribution >= 0.6 is 11.6 Å². The van der Waals surface area contributed by atoms with Gasteiger partial charge in [-0.25, -0.2) is 8.42 Å². The Labute approximate surface area is 117 Å². The molecule has 0 aliphatic heterocycles. The molecule has 1 N–H and O–H groups in total. The lowest BCUT2D eigenvalue weighted by Crippen LogP contribution is -2.42. The minimum atomic E-state index is -3.84. The van der Waals surface area contributed by atoms with Crippen molar-refractivity contribution >= 4 is 27.6 Å². The first-order chi connectivity index (χ1) is 8.71. The Kier molecular flexibility index (Phi) is 4.95. The van der Waals surface area contributed by atoms with E-state index in [9.17, 15) is 13.2 Å². The number of benzene rings is 1. The number of carboxylic acids is 1. The average Bonchev–Trinajstić information content (AvgIpc) is 2.32. The van der Waals surface area contributed by atoms with E-state index < -0.39 is 22.0 Å². The molecule has 0 saturated heterocycles. The van der Waals surface area contributed by atoms with Crippen LogP contribution in [-0.2, 0) is 14.8 Å². The third-order valence-electron chi connectivity index (χ3n) is 2.84. The lowest BCUT2D eigenvalue weighted by Gasteiger charge is -2.24. The van der Waals surface area contributed by atoms with Gasteiger partial charge in [-0.15, -0.1) is 0 Å². The zero-order chi connectivity index (χ0) is 14.8. The predicted molar refractivity (Wildman–Crippen MR) is 72.9 cm³/mol. The summed E-state index contributed by atoms with van der Waals surface area (Å²) in [5.41, 5.74) is 0.627. The number of aryl methyl sites for hydroxylation is 1. The molecular weight excluding hydrogens is 290 g/mol. The van der Waals surface area contributed by atoms with Gasteiger partial charge in [-0.2, -0.15) is 4.31 Å². The minimum absolute atomic E-state index is 0.0457. The van der Waals surface area contributed by atoms with Gasteiger partial charge in [-0.05, 0) is 37.6 Å². The van der Waals surface area contributed by atoms with Crippen LogP contribution in [0.2, 0.25) is 5.02 Å². The van der Waals surface area contributed by atoms with Gasteiger partial charge >= 0.3 is 5.97 Å². The summed E-state index contributed by atoms with van der Waals surface area (Å²) in [6, 6.07) is 3.19. The van der Waals surface area contributed by atoms with Crippen LogP contribution in [0.25, 0.3) is 0 Å². The molecule has 0 saturated carbocycles. The average molecular weight is 306 g/mol. The number of rotatable bonds is 5. The van der Waals surface area contributed by atoms with Gasteiger partial charge in [0.05, 0.1) is 4.90 Å². The van der Waals surface area contributed by atoms with Crippen molar-refractivity contribution in [2.75, 3.05) is 6.54 Å². The number of likely N-dealkylation sites (N-methyl/N-ethyl adjacent to an activating group) is 1. The van der Waals surface area contributed by atoms with Crippen molar-refractivity contribution < 1.29 is 18.3 Å². The number of hydrogen-bond acceptors (Lipinski definition) is 3. The van der Waals surface area contributed by atoms with Gasteiger partial charge in [0.15, 0.2) is 0 Å². The quantitative estimate of drug-likeness (QED) is 0.904. The second kappa shape index (κ2) is 5.90. The monoisotopic (exact) mass is 305 g/mol. The van der Waals surface area contributed by atoms with E-state index in [0.29, 0.717) is 10.6 Å². The number of carbonyl (C=O) groups is 1. The molecule has 1 unspecified atom stereocenters. The third-order valence-corrected chi connectivity index (χ3v) is 5.30. The Morgan fingerprint density at radius 1 is 1.47 bits per heavy atom. The topological polar surface area (TPSA) is 74.7 Å². The summed E-state index contributed by atoms with van der Waals surface area (Å²) in [4.78, 5) is 11.0. The molecule has 1 atom stereocenters. The fraction of sp³-hybridized carbons (Fsp3) is 0.417. The highest BCUT2D eigenvalue weighted by Crippen LogP contribution is 2.23. The van der Waals surface area contributed by atoms with Crippen LogP contribution in [0.15, 0.2) is 23.1 Å². The van der Waals surface area contributed by atoms with E-state index in [1.54, 1.807) is 13.8 Å². The van der Waals surface area contributed by atoms with Crippen LogP contribution in [0.5, 0.6) is 0 Å². The Hall–Kier alpha value is -1.11. The van der Waals surface area contributed by atoms with E-state index in [2.05, 4.69) is 0 Å². The number of carboxylic acid groups (broad SMARTS) is 1. The maximum atomic E-state index is 12.4. The Morgan fingerprint density at radius 3 is 2.47 bits per heavy atom. The molecule has 0 aliphatic rings. The Balaban J connectivity index is 3.28. The molecule has 0 spiro atoms. The Bertz CT molecular complexity index is 585. The first-order valence-corrected chi connectivity index (χ1v) is 7.54. The molecule has 0 bridgehead atoms. The molecule has 0 aromatic heterocycles. The molecule has 106 valence electrons.